The van der Waals surface area contributed by atoms with Crippen LogP contribution < -0.4 is 0 Å². The lowest BCUT2D eigenvalue weighted by Gasteiger charge is -2.12. The first-order chi connectivity index (χ1) is 8.61. The maximum absolute atomic E-state index is 10.2. The summed E-state index contributed by atoms with van der Waals surface area (Å²) in [5, 5.41) is 15.2. The number of nitrogens with zero attached hydrogens (tertiary/aromatic N) is 3. The number of benzene rings is 1. The Morgan fingerprint density at radius 2 is 2.17 bits per heavy atom. The van der Waals surface area contributed by atoms with Crippen LogP contribution in [-0.4, -0.2) is 19.9 Å². The first-order valence-electron chi connectivity index (χ1n) is 5.61. The third-order valence-corrected chi connectivity index (χ3v) is 3.26. The van der Waals surface area contributed by atoms with Crippen molar-refractivity contribution in [1.29, 1.82) is 0 Å². The molecule has 0 saturated heterocycles. The number of halogens is 2. The monoisotopic (exact) mass is 285 g/mol. The average molecular weight is 286 g/mol. The highest BCUT2D eigenvalue weighted by atomic mass is 35.5. The summed E-state index contributed by atoms with van der Waals surface area (Å²) >= 11 is 11.9. The fourth-order valence-corrected chi connectivity index (χ4v) is 2.30. The number of aliphatic hydroxyl groups excluding tert-OH is 1. The van der Waals surface area contributed by atoms with Gasteiger partial charge in [0.15, 0.2) is 0 Å². The maximum atomic E-state index is 10.2. The lowest BCUT2D eigenvalue weighted by molar-refractivity contribution is 0.174. The van der Waals surface area contributed by atoms with E-state index in [1.54, 1.807) is 22.9 Å². The van der Waals surface area contributed by atoms with Gasteiger partial charge in [0.1, 0.15) is 12.2 Å². The van der Waals surface area contributed by atoms with Crippen molar-refractivity contribution in [2.75, 3.05) is 0 Å². The highest BCUT2D eigenvalue weighted by molar-refractivity contribution is 6.35. The van der Waals surface area contributed by atoms with Gasteiger partial charge in [-0.2, -0.15) is 5.10 Å². The SMILES string of the molecule is CCn1ncnc1CC(O)c1ccc(Cl)cc1Cl. The van der Waals surface area contributed by atoms with Crippen LogP contribution in [0.4, 0.5) is 0 Å². The fraction of sp³-hybridized carbons (Fsp3) is 0.333. The minimum absolute atomic E-state index is 0.370. The van der Waals surface area contributed by atoms with Crippen molar-refractivity contribution in [3.8, 4) is 0 Å². The van der Waals surface area contributed by atoms with Crippen molar-refractivity contribution < 1.29 is 5.11 Å². The predicted molar refractivity (Wildman–Crippen MR) is 70.8 cm³/mol. The average Bonchev–Trinajstić information content (AvgIpc) is 2.76. The Bertz CT molecular complexity index is 542. The Hall–Kier alpha value is -1.10. The van der Waals surface area contributed by atoms with Crippen molar-refractivity contribution in [1.82, 2.24) is 14.8 Å². The Morgan fingerprint density at radius 1 is 1.39 bits per heavy atom. The Labute approximate surface area is 115 Å². The van der Waals surface area contributed by atoms with Gasteiger partial charge in [0.2, 0.25) is 0 Å². The van der Waals surface area contributed by atoms with Gasteiger partial charge in [-0.05, 0) is 24.6 Å². The molecule has 0 radical (unpaired) electrons. The van der Waals surface area contributed by atoms with E-state index >= 15 is 0 Å². The second kappa shape index (κ2) is 5.69. The van der Waals surface area contributed by atoms with Crippen LogP contribution in [0.15, 0.2) is 24.5 Å². The minimum Gasteiger partial charge on any atom is -0.388 e. The van der Waals surface area contributed by atoms with E-state index in [2.05, 4.69) is 10.1 Å². The largest absolute Gasteiger partial charge is 0.388 e. The minimum atomic E-state index is -0.718. The highest BCUT2D eigenvalue weighted by Crippen LogP contribution is 2.27. The highest BCUT2D eigenvalue weighted by Gasteiger charge is 2.15. The zero-order chi connectivity index (χ0) is 13.1. The maximum Gasteiger partial charge on any atom is 0.138 e. The number of aryl methyl sites for hydroxylation is 1. The second-order valence-corrected chi connectivity index (χ2v) is 4.72. The Morgan fingerprint density at radius 3 is 2.83 bits per heavy atom. The summed E-state index contributed by atoms with van der Waals surface area (Å²) in [5.41, 5.74) is 0.645. The van der Waals surface area contributed by atoms with Gasteiger partial charge in [-0.15, -0.1) is 0 Å². The first kappa shape index (κ1) is 13.3. The molecule has 1 unspecified atom stereocenters. The van der Waals surface area contributed by atoms with Crippen LogP contribution >= 0.6 is 23.2 Å². The zero-order valence-corrected chi connectivity index (χ0v) is 11.4. The van der Waals surface area contributed by atoms with Crippen molar-refractivity contribution >= 4 is 23.2 Å². The van der Waals surface area contributed by atoms with E-state index in [4.69, 9.17) is 23.2 Å². The molecule has 1 aromatic heterocycles. The molecule has 0 spiro atoms. The molecule has 6 heteroatoms. The van der Waals surface area contributed by atoms with E-state index in [-0.39, 0.29) is 0 Å². The normalized spacial score (nSPS) is 12.7. The molecule has 0 saturated carbocycles. The van der Waals surface area contributed by atoms with Crippen LogP contribution in [0.25, 0.3) is 0 Å². The number of hydrogen-bond acceptors (Lipinski definition) is 3. The Balaban J connectivity index is 2.19. The molecule has 0 aliphatic heterocycles. The fourth-order valence-electron chi connectivity index (χ4n) is 1.76. The standard InChI is InChI=1S/C12H13Cl2N3O/c1-2-17-12(15-7-16-17)6-11(18)9-4-3-8(13)5-10(9)14/h3-5,7,11,18H,2,6H2,1H3. The molecule has 0 aliphatic rings. The van der Waals surface area contributed by atoms with E-state index in [1.807, 2.05) is 6.92 Å². The van der Waals surface area contributed by atoms with Crippen LogP contribution in [0, 0.1) is 0 Å². The molecule has 0 aliphatic carbocycles. The summed E-state index contributed by atoms with van der Waals surface area (Å²) in [6.07, 6.45) is 1.13. The Kier molecular flexibility index (Phi) is 4.22. The molecular formula is C12H13Cl2N3O. The molecule has 0 bridgehead atoms. The molecule has 4 nitrogen and oxygen atoms in total. The van der Waals surface area contributed by atoms with Crippen LogP contribution in [0.1, 0.15) is 24.4 Å². The first-order valence-corrected chi connectivity index (χ1v) is 6.37. The number of aliphatic hydroxyl groups is 1. The molecule has 1 heterocycles. The van der Waals surface area contributed by atoms with Crippen LogP contribution in [0.3, 0.4) is 0 Å². The molecule has 1 atom stereocenters. The van der Waals surface area contributed by atoms with Gasteiger partial charge in [-0.25, -0.2) is 4.98 Å². The number of aromatic nitrogens is 3. The van der Waals surface area contributed by atoms with Gasteiger partial charge in [0.05, 0.1) is 6.10 Å². The van der Waals surface area contributed by atoms with E-state index in [1.165, 1.54) is 6.33 Å². The van der Waals surface area contributed by atoms with Gasteiger partial charge >= 0.3 is 0 Å². The summed E-state index contributed by atoms with van der Waals surface area (Å²) < 4.78 is 1.74. The summed E-state index contributed by atoms with van der Waals surface area (Å²) in [5.74, 6) is 0.732. The third-order valence-electron chi connectivity index (χ3n) is 2.69. The quantitative estimate of drug-likeness (QED) is 0.940. The molecular weight excluding hydrogens is 273 g/mol. The lowest BCUT2D eigenvalue weighted by Crippen LogP contribution is -2.09. The van der Waals surface area contributed by atoms with Crippen LogP contribution in [0.5, 0.6) is 0 Å². The van der Waals surface area contributed by atoms with Crippen LogP contribution in [-0.2, 0) is 13.0 Å². The van der Waals surface area contributed by atoms with Crippen molar-refractivity contribution in [3.05, 3.63) is 46.0 Å². The van der Waals surface area contributed by atoms with Gasteiger partial charge in [0, 0.05) is 23.0 Å². The van der Waals surface area contributed by atoms with E-state index in [0.29, 0.717) is 22.0 Å². The van der Waals surface area contributed by atoms with E-state index in [9.17, 15) is 5.11 Å². The van der Waals surface area contributed by atoms with Gasteiger partial charge in [-0.1, -0.05) is 29.3 Å². The molecule has 18 heavy (non-hydrogen) atoms. The summed E-state index contributed by atoms with van der Waals surface area (Å²) in [7, 11) is 0. The summed E-state index contributed by atoms with van der Waals surface area (Å²) in [4.78, 5) is 4.12. The zero-order valence-electron chi connectivity index (χ0n) is 9.85. The van der Waals surface area contributed by atoms with Crippen molar-refractivity contribution in [2.24, 2.45) is 0 Å². The molecule has 96 valence electrons. The third kappa shape index (κ3) is 2.83. The van der Waals surface area contributed by atoms with Gasteiger partial charge < -0.3 is 5.11 Å². The number of rotatable bonds is 4. The summed E-state index contributed by atoms with van der Waals surface area (Å²) in [6, 6.07) is 5.05. The molecule has 1 N–H and O–H groups in total. The molecule has 0 fully saturated rings. The summed E-state index contributed by atoms with van der Waals surface area (Å²) in [6.45, 7) is 2.69. The predicted octanol–water partition coefficient (Wildman–Crippen LogP) is 2.88. The smallest absolute Gasteiger partial charge is 0.138 e. The van der Waals surface area contributed by atoms with E-state index in [0.717, 1.165) is 12.4 Å². The van der Waals surface area contributed by atoms with Gasteiger partial charge in [0.25, 0.3) is 0 Å². The van der Waals surface area contributed by atoms with Crippen LogP contribution in [0.2, 0.25) is 10.0 Å². The van der Waals surface area contributed by atoms with Crippen molar-refractivity contribution in [2.45, 2.75) is 26.0 Å². The number of hydrogen-bond donors (Lipinski definition) is 1. The molecule has 1 aromatic carbocycles. The molecule has 2 rings (SSSR count). The molecule has 2 aromatic rings. The lowest BCUT2D eigenvalue weighted by atomic mass is 10.1. The van der Waals surface area contributed by atoms with Gasteiger partial charge in [-0.3, -0.25) is 4.68 Å². The van der Waals surface area contributed by atoms with E-state index < -0.39 is 6.10 Å². The van der Waals surface area contributed by atoms with Crippen molar-refractivity contribution in [3.63, 3.8) is 0 Å². The molecule has 0 amide bonds. The topological polar surface area (TPSA) is 50.9 Å². The second-order valence-electron chi connectivity index (χ2n) is 3.88.